The number of Topliss-reactive ketones (excluding diaryl/α,β-unsaturated/α-hetero) is 1. The number of benzene rings is 2. The molecule has 0 bridgehead atoms. The van der Waals surface area contributed by atoms with Gasteiger partial charge in [0.2, 0.25) is 0 Å². The summed E-state index contributed by atoms with van der Waals surface area (Å²) in [6.07, 6.45) is 2.68. The molecule has 182 valence electrons. The van der Waals surface area contributed by atoms with E-state index >= 15 is 0 Å². The molecule has 3 aromatic rings. The van der Waals surface area contributed by atoms with Crippen LogP contribution >= 0.6 is 0 Å². The van der Waals surface area contributed by atoms with Crippen LogP contribution in [0.25, 0.3) is 11.0 Å². The number of hydrogen-bond acceptors (Lipinski definition) is 4. The van der Waals surface area contributed by atoms with Gasteiger partial charge in [-0.15, -0.1) is 0 Å². The molecule has 0 amide bonds. The Hall–Kier alpha value is -3.08. The van der Waals surface area contributed by atoms with Gasteiger partial charge in [0.15, 0.2) is 5.78 Å². The third-order valence-electron chi connectivity index (χ3n) is 6.37. The molecule has 34 heavy (non-hydrogen) atoms. The lowest BCUT2D eigenvalue weighted by atomic mass is 9.88. The Bertz CT molecular complexity index is 1160. The summed E-state index contributed by atoms with van der Waals surface area (Å²) in [5.74, 6) is 1.41. The van der Waals surface area contributed by atoms with Crippen molar-refractivity contribution < 1.29 is 23.8 Å². The molecule has 0 saturated heterocycles. The van der Waals surface area contributed by atoms with Gasteiger partial charge in [-0.1, -0.05) is 53.7 Å². The number of hydrogen-bond donors (Lipinski definition) is 1. The summed E-state index contributed by atoms with van der Waals surface area (Å²) in [5, 5.41) is 10.0. The second kappa shape index (κ2) is 10.5. The normalized spacial score (nSPS) is 12.8. The van der Waals surface area contributed by atoms with Gasteiger partial charge in [0, 0.05) is 17.2 Å². The summed E-state index contributed by atoms with van der Waals surface area (Å²) >= 11 is 0. The van der Waals surface area contributed by atoms with Gasteiger partial charge in [0.05, 0.1) is 5.56 Å². The fourth-order valence-electron chi connectivity index (χ4n) is 4.04. The number of rotatable bonds is 10. The van der Waals surface area contributed by atoms with Crippen LogP contribution in [0.2, 0.25) is 0 Å². The fourth-order valence-corrected chi connectivity index (χ4v) is 4.04. The molecule has 0 spiro atoms. The van der Waals surface area contributed by atoms with E-state index in [9.17, 15) is 14.7 Å². The number of furan rings is 1. The van der Waals surface area contributed by atoms with Crippen LogP contribution in [-0.2, 0) is 11.2 Å². The van der Waals surface area contributed by atoms with Crippen molar-refractivity contribution in [3.63, 3.8) is 0 Å². The Labute approximate surface area is 202 Å². The monoisotopic (exact) mass is 464 g/mol. The molecule has 1 aromatic heterocycles. The Morgan fingerprint density at radius 1 is 1.06 bits per heavy atom. The Morgan fingerprint density at radius 3 is 2.41 bits per heavy atom. The largest absolute Gasteiger partial charge is 0.486 e. The van der Waals surface area contributed by atoms with Gasteiger partial charge in [-0.05, 0) is 66.1 Å². The highest BCUT2D eigenvalue weighted by atomic mass is 16.5. The summed E-state index contributed by atoms with van der Waals surface area (Å²) in [6.45, 7) is 12.3. The average molecular weight is 465 g/mol. The lowest BCUT2D eigenvalue weighted by Gasteiger charge is -2.21. The number of carboxylic acid groups (broad SMARTS) is 1. The highest BCUT2D eigenvalue weighted by Gasteiger charge is 2.23. The molecule has 5 heteroatoms. The number of carbonyl (C=O) groups excluding carboxylic acids is 1. The van der Waals surface area contributed by atoms with Gasteiger partial charge >= 0.3 is 5.97 Å². The van der Waals surface area contributed by atoms with Gasteiger partial charge in [-0.3, -0.25) is 4.79 Å². The van der Waals surface area contributed by atoms with E-state index in [0.29, 0.717) is 11.5 Å². The lowest BCUT2D eigenvalue weighted by Crippen LogP contribution is -2.26. The molecule has 1 atom stereocenters. The Morgan fingerprint density at radius 2 is 1.79 bits per heavy atom. The minimum absolute atomic E-state index is 0.0788. The number of carboxylic acids is 1. The number of ketones is 1. The topological polar surface area (TPSA) is 76.7 Å². The molecular formula is C29H36O5. The quantitative estimate of drug-likeness (QED) is 0.339. The summed E-state index contributed by atoms with van der Waals surface area (Å²) in [5.41, 5.74) is 2.92. The maximum absolute atomic E-state index is 12.3. The molecule has 1 heterocycles. The van der Waals surface area contributed by atoms with Crippen molar-refractivity contribution in [1.29, 1.82) is 0 Å². The predicted molar refractivity (Wildman–Crippen MR) is 135 cm³/mol. The zero-order valence-electron chi connectivity index (χ0n) is 21.1. The van der Waals surface area contributed by atoms with E-state index in [2.05, 4.69) is 32.9 Å². The van der Waals surface area contributed by atoms with Gasteiger partial charge in [0.1, 0.15) is 23.7 Å². The molecular weight excluding hydrogens is 428 g/mol. The fraction of sp³-hybridized carbons (Fsp3) is 0.448. The van der Waals surface area contributed by atoms with Crippen molar-refractivity contribution >= 4 is 22.7 Å². The van der Waals surface area contributed by atoms with E-state index in [-0.39, 0.29) is 23.9 Å². The minimum atomic E-state index is -0.938. The smallest absolute Gasteiger partial charge is 0.335 e. The second-order valence-corrected chi connectivity index (χ2v) is 10.3. The van der Waals surface area contributed by atoms with Crippen LogP contribution in [0.15, 0.2) is 46.9 Å². The molecule has 0 saturated carbocycles. The van der Waals surface area contributed by atoms with E-state index in [4.69, 9.17) is 9.15 Å². The zero-order valence-corrected chi connectivity index (χ0v) is 21.1. The highest BCUT2D eigenvalue weighted by molar-refractivity contribution is 5.93. The van der Waals surface area contributed by atoms with E-state index in [1.165, 1.54) is 5.56 Å². The van der Waals surface area contributed by atoms with Crippen molar-refractivity contribution in [2.24, 2.45) is 5.41 Å². The summed E-state index contributed by atoms with van der Waals surface area (Å²) < 4.78 is 11.9. The Balaban J connectivity index is 1.74. The second-order valence-electron chi connectivity index (χ2n) is 10.3. The summed E-state index contributed by atoms with van der Waals surface area (Å²) in [6, 6.07) is 13.2. The maximum atomic E-state index is 12.3. The van der Waals surface area contributed by atoms with Crippen LogP contribution in [0.3, 0.4) is 0 Å². The first-order valence-electron chi connectivity index (χ1n) is 12.0. The number of ether oxygens (including phenoxy) is 1. The number of fused-ring (bicyclic) bond motifs is 1. The van der Waals surface area contributed by atoms with Gasteiger partial charge in [0.25, 0.3) is 0 Å². The molecule has 0 aliphatic rings. The molecule has 0 fully saturated rings. The summed E-state index contributed by atoms with van der Waals surface area (Å²) in [7, 11) is 0. The number of carbonyl (C=O) groups is 2. The van der Waals surface area contributed by atoms with Crippen molar-refractivity contribution in [2.45, 2.75) is 72.6 Å². The van der Waals surface area contributed by atoms with Gasteiger partial charge < -0.3 is 14.3 Å². The SMILES string of the molecule is CCC(CCc1cc2cc(C(=O)O)ccc2o1)c1ccc(OCC(=O)C(C)(C)C)c(C(C)C)c1. The molecule has 1 unspecified atom stereocenters. The highest BCUT2D eigenvalue weighted by Crippen LogP contribution is 2.34. The number of aryl methyl sites for hydroxylation is 1. The molecule has 1 N–H and O–H groups in total. The van der Waals surface area contributed by atoms with Gasteiger partial charge in [-0.25, -0.2) is 4.79 Å². The number of aromatic carboxylic acids is 1. The van der Waals surface area contributed by atoms with Crippen LogP contribution in [0, 0.1) is 5.41 Å². The van der Waals surface area contributed by atoms with Crippen LogP contribution in [-0.4, -0.2) is 23.5 Å². The van der Waals surface area contributed by atoms with Crippen LogP contribution in [0.5, 0.6) is 5.75 Å². The summed E-state index contributed by atoms with van der Waals surface area (Å²) in [4.78, 5) is 23.5. The molecule has 0 aliphatic heterocycles. The van der Waals surface area contributed by atoms with Crippen LogP contribution < -0.4 is 4.74 Å². The first-order valence-corrected chi connectivity index (χ1v) is 12.0. The Kier molecular flexibility index (Phi) is 7.86. The molecule has 0 radical (unpaired) electrons. The van der Waals surface area contributed by atoms with E-state index in [1.807, 2.05) is 32.9 Å². The lowest BCUT2D eigenvalue weighted by molar-refractivity contribution is -0.128. The molecule has 0 aliphatic carbocycles. The molecule has 5 nitrogen and oxygen atoms in total. The van der Waals surface area contributed by atoms with Crippen molar-refractivity contribution in [3.05, 3.63) is 64.9 Å². The van der Waals surface area contributed by atoms with Gasteiger partial charge in [-0.2, -0.15) is 0 Å². The molecule has 2 aromatic carbocycles. The average Bonchev–Trinajstić information content (AvgIpc) is 3.19. The third kappa shape index (κ3) is 6.07. The van der Waals surface area contributed by atoms with E-state index in [0.717, 1.165) is 41.7 Å². The first-order chi connectivity index (χ1) is 16.0. The standard InChI is InChI=1S/C29H36O5/c1-7-19(8-11-23-15-22-14-21(28(31)32)10-12-25(22)34-23)20-9-13-26(24(16-20)18(2)3)33-17-27(30)29(4,5)6/h9-10,12-16,18-19H,7-8,11,17H2,1-6H3,(H,31,32). The van der Waals surface area contributed by atoms with E-state index < -0.39 is 11.4 Å². The third-order valence-corrected chi connectivity index (χ3v) is 6.37. The zero-order chi connectivity index (χ0) is 25.0. The van der Waals surface area contributed by atoms with Crippen LogP contribution in [0.1, 0.15) is 93.5 Å². The first kappa shape index (κ1) is 25.5. The minimum Gasteiger partial charge on any atom is -0.486 e. The predicted octanol–water partition coefficient (Wildman–Crippen LogP) is 7.37. The molecule has 3 rings (SSSR count). The van der Waals surface area contributed by atoms with E-state index in [1.54, 1.807) is 18.2 Å². The maximum Gasteiger partial charge on any atom is 0.335 e. The van der Waals surface area contributed by atoms with Crippen molar-refractivity contribution in [3.8, 4) is 5.75 Å². The van der Waals surface area contributed by atoms with Crippen molar-refractivity contribution in [1.82, 2.24) is 0 Å². The van der Waals surface area contributed by atoms with Crippen LogP contribution in [0.4, 0.5) is 0 Å². The van der Waals surface area contributed by atoms with Crippen molar-refractivity contribution in [2.75, 3.05) is 6.61 Å².